The van der Waals surface area contributed by atoms with Crippen molar-refractivity contribution in [1.82, 2.24) is 4.90 Å². The molecule has 4 heteroatoms. The first-order valence-electron chi connectivity index (χ1n) is 7.63. The van der Waals surface area contributed by atoms with E-state index in [1.807, 2.05) is 12.1 Å². The monoisotopic (exact) mass is 286 g/mol. The summed E-state index contributed by atoms with van der Waals surface area (Å²) in [5.41, 5.74) is 2.22. The maximum absolute atomic E-state index is 12.1. The highest BCUT2D eigenvalue weighted by Gasteiger charge is 2.34. The van der Waals surface area contributed by atoms with Gasteiger partial charge in [0, 0.05) is 18.8 Å². The van der Waals surface area contributed by atoms with E-state index in [-0.39, 0.29) is 17.2 Å². The molecule has 1 aromatic rings. The lowest BCUT2D eigenvalue weighted by Gasteiger charge is -2.39. The Bertz CT molecular complexity index is 607. The Morgan fingerprint density at radius 2 is 1.86 bits per heavy atom. The number of hydrogen-bond acceptors (Lipinski definition) is 3. The molecule has 1 aromatic carbocycles. The van der Waals surface area contributed by atoms with Gasteiger partial charge in [-0.05, 0) is 36.5 Å². The van der Waals surface area contributed by atoms with Crippen LogP contribution >= 0.6 is 0 Å². The molecule has 1 aliphatic carbocycles. The molecular weight excluding hydrogens is 264 g/mol. The molecule has 1 heterocycles. The highest BCUT2D eigenvalue weighted by Crippen LogP contribution is 2.37. The lowest BCUT2D eigenvalue weighted by atomic mass is 9.73. The molecule has 1 saturated carbocycles. The third-order valence-electron chi connectivity index (χ3n) is 4.94. The summed E-state index contributed by atoms with van der Waals surface area (Å²) in [6.45, 7) is 4.58. The van der Waals surface area contributed by atoms with E-state index in [1.165, 1.54) is 31.2 Å². The highest BCUT2D eigenvalue weighted by atomic mass is 16.2. The van der Waals surface area contributed by atoms with Crippen molar-refractivity contribution >= 4 is 17.5 Å². The number of imide groups is 1. The minimum absolute atomic E-state index is 0.207. The van der Waals surface area contributed by atoms with E-state index in [2.05, 4.69) is 19.2 Å². The van der Waals surface area contributed by atoms with Gasteiger partial charge in [0.2, 0.25) is 0 Å². The molecule has 1 fully saturated rings. The summed E-state index contributed by atoms with van der Waals surface area (Å²) in [6.07, 6.45) is 4.89. The SMILES string of the molecule is CN1C(=O)c2ccc(NC3CCCCC3(C)C)cc2C1=O. The molecular formula is C17H22N2O2. The molecule has 1 N–H and O–H groups in total. The molecule has 0 spiro atoms. The number of nitrogens with one attached hydrogen (secondary N) is 1. The van der Waals surface area contributed by atoms with Crippen LogP contribution in [0.15, 0.2) is 18.2 Å². The second-order valence-corrected chi connectivity index (χ2v) is 6.86. The zero-order chi connectivity index (χ0) is 15.2. The quantitative estimate of drug-likeness (QED) is 0.849. The van der Waals surface area contributed by atoms with Gasteiger partial charge in [0.1, 0.15) is 0 Å². The normalized spacial score (nSPS) is 24.1. The van der Waals surface area contributed by atoms with E-state index >= 15 is 0 Å². The molecule has 1 aliphatic heterocycles. The number of fused-ring (bicyclic) bond motifs is 1. The molecule has 0 aromatic heterocycles. The number of hydrogen-bond donors (Lipinski definition) is 1. The van der Waals surface area contributed by atoms with Crippen molar-refractivity contribution in [2.75, 3.05) is 12.4 Å². The molecule has 4 nitrogen and oxygen atoms in total. The van der Waals surface area contributed by atoms with Crippen LogP contribution in [0, 0.1) is 5.41 Å². The van der Waals surface area contributed by atoms with Crippen molar-refractivity contribution in [1.29, 1.82) is 0 Å². The number of carbonyl (C=O) groups is 2. The van der Waals surface area contributed by atoms with E-state index < -0.39 is 0 Å². The Hall–Kier alpha value is -1.84. The largest absolute Gasteiger partial charge is 0.382 e. The van der Waals surface area contributed by atoms with Crippen LogP contribution in [0.4, 0.5) is 5.69 Å². The van der Waals surface area contributed by atoms with Crippen LogP contribution < -0.4 is 5.32 Å². The molecule has 0 bridgehead atoms. The van der Waals surface area contributed by atoms with Crippen LogP contribution in [0.3, 0.4) is 0 Å². The molecule has 0 saturated heterocycles. The van der Waals surface area contributed by atoms with Crippen LogP contribution in [-0.4, -0.2) is 29.8 Å². The predicted octanol–water partition coefficient (Wildman–Crippen LogP) is 3.29. The summed E-state index contributed by atoms with van der Waals surface area (Å²) in [5.74, 6) is -0.416. The van der Waals surface area contributed by atoms with Gasteiger partial charge < -0.3 is 5.32 Å². The predicted molar refractivity (Wildman–Crippen MR) is 82.5 cm³/mol. The van der Waals surface area contributed by atoms with Gasteiger partial charge in [0.25, 0.3) is 11.8 Å². The topological polar surface area (TPSA) is 49.4 Å². The van der Waals surface area contributed by atoms with Gasteiger partial charge in [-0.3, -0.25) is 14.5 Å². The van der Waals surface area contributed by atoms with Crippen molar-refractivity contribution in [2.45, 2.75) is 45.6 Å². The standard InChI is InChI=1S/C17H22N2O2/c1-17(2)9-5-4-6-14(17)18-11-7-8-12-13(10-11)16(21)19(3)15(12)20/h7-8,10,14,18H,4-6,9H2,1-3H3. The number of rotatable bonds is 2. The molecule has 21 heavy (non-hydrogen) atoms. The smallest absolute Gasteiger partial charge is 0.261 e. The summed E-state index contributed by atoms with van der Waals surface area (Å²) in [7, 11) is 1.53. The van der Waals surface area contributed by atoms with Gasteiger partial charge in [0.05, 0.1) is 11.1 Å². The third-order valence-corrected chi connectivity index (χ3v) is 4.94. The number of nitrogens with zero attached hydrogens (tertiary/aromatic N) is 1. The number of amides is 2. The Labute approximate surface area is 125 Å². The fourth-order valence-electron chi connectivity index (χ4n) is 3.41. The number of benzene rings is 1. The van der Waals surface area contributed by atoms with Crippen molar-refractivity contribution in [3.8, 4) is 0 Å². The summed E-state index contributed by atoms with van der Waals surface area (Å²) < 4.78 is 0. The van der Waals surface area contributed by atoms with E-state index in [1.54, 1.807) is 6.07 Å². The molecule has 2 aliphatic rings. The summed E-state index contributed by atoms with van der Waals surface area (Å²) in [5, 5.41) is 3.57. The lowest BCUT2D eigenvalue weighted by Crippen LogP contribution is -2.38. The van der Waals surface area contributed by atoms with Gasteiger partial charge in [0.15, 0.2) is 0 Å². The van der Waals surface area contributed by atoms with Crippen molar-refractivity contribution < 1.29 is 9.59 Å². The first-order valence-corrected chi connectivity index (χ1v) is 7.63. The Balaban J connectivity index is 1.86. The van der Waals surface area contributed by atoms with Crippen LogP contribution in [-0.2, 0) is 0 Å². The Kier molecular flexibility index (Phi) is 3.27. The first kappa shape index (κ1) is 14.1. The van der Waals surface area contributed by atoms with Gasteiger partial charge in [-0.2, -0.15) is 0 Å². The highest BCUT2D eigenvalue weighted by molar-refractivity contribution is 6.21. The molecule has 0 radical (unpaired) electrons. The van der Waals surface area contributed by atoms with Gasteiger partial charge in [-0.15, -0.1) is 0 Å². The minimum atomic E-state index is -0.209. The van der Waals surface area contributed by atoms with Crippen molar-refractivity contribution in [3.63, 3.8) is 0 Å². The second kappa shape index (κ2) is 4.86. The summed E-state index contributed by atoms with van der Waals surface area (Å²) in [6, 6.07) is 5.91. The fourth-order valence-corrected chi connectivity index (χ4v) is 3.41. The van der Waals surface area contributed by atoms with Crippen molar-refractivity contribution in [3.05, 3.63) is 29.3 Å². The Morgan fingerprint density at radius 3 is 2.57 bits per heavy atom. The van der Waals surface area contributed by atoms with Crippen molar-refractivity contribution in [2.24, 2.45) is 5.41 Å². The summed E-state index contributed by atoms with van der Waals surface area (Å²) in [4.78, 5) is 25.1. The van der Waals surface area contributed by atoms with Crippen LogP contribution in [0.1, 0.15) is 60.2 Å². The van der Waals surface area contributed by atoms with Crippen LogP contribution in [0.2, 0.25) is 0 Å². The Morgan fingerprint density at radius 1 is 1.14 bits per heavy atom. The number of anilines is 1. The van der Waals surface area contributed by atoms with E-state index in [0.29, 0.717) is 17.2 Å². The average molecular weight is 286 g/mol. The maximum Gasteiger partial charge on any atom is 0.261 e. The third kappa shape index (κ3) is 2.33. The lowest BCUT2D eigenvalue weighted by molar-refractivity contribution is 0.0693. The summed E-state index contributed by atoms with van der Waals surface area (Å²) >= 11 is 0. The molecule has 112 valence electrons. The zero-order valence-electron chi connectivity index (χ0n) is 12.9. The van der Waals surface area contributed by atoms with Gasteiger partial charge >= 0.3 is 0 Å². The molecule has 1 unspecified atom stereocenters. The molecule has 1 atom stereocenters. The minimum Gasteiger partial charge on any atom is -0.382 e. The zero-order valence-corrected chi connectivity index (χ0v) is 12.9. The van der Waals surface area contributed by atoms with Gasteiger partial charge in [-0.1, -0.05) is 26.7 Å². The second-order valence-electron chi connectivity index (χ2n) is 6.86. The number of carbonyl (C=O) groups excluding carboxylic acids is 2. The first-order chi connectivity index (χ1) is 9.90. The molecule has 2 amide bonds. The van der Waals surface area contributed by atoms with E-state index in [0.717, 1.165) is 12.1 Å². The van der Waals surface area contributed by atoms with Crippen LogP contribution in [0.5, 0.6) is 0 Å². The van der Waals surface area contributed by atoms with Crippen LogP contribution in [0.25, 0.3) is 0 Å². The van der Waals surface area contributed by atoms with E-state index in [4.69, 9.17) is 0 Å². The fraction of sp³-hybridized carbons (Fsp3) is 0.529. The maximum atomic E-state index is 12.1. The van der Waals surface area contributed by atoms with E-state index in [9.17, 15) is 9.59 Å². The molecule has 3 rings (SSSR count). The van der Waals surface area contributed by atoms with Gasteiger partial charge in [-0.25, -0.2) is 0 Å². The average Bonchev–Trinajstić information content (AvgIpc) is 2.66.